The fraction of sp³-hybridized carbons (Fsp3) is 0.696. The van der Waals surface area contributed by atoms with Crippen LogP contribution in [0.2, 0.25) is 0 Å². The van der Waals surface area contributed by atoms with Gasteiger partial charge in [-0.2, -0.15) is 5.26 Å². The molecule has 26 heavy (non-hydrogen) atoms. The van der Waals surface area contributed by atoms with Gasteiger partial charge >= 0.3 is 0 Å². The van der Waals surface area contributed by atoms with E-state index in [4.69, 9.17) is 10.00 Å². The molecule has 1 N–H and O–H groups in total. The summed E-state index contributed by atoms with van der Waals surface area (Å²) in [5, 5.41) is 18.9. The average Bonchev–Trinajstić information content (AvgIpc) is 3.03. The normalized spacial score (nSPS) is 38.5. The molecule has 4 rings (SSSR count). The molecular weight excluding hydrogens is 322 g/mol. The van der Waals surface area contributed by atoms with Crippen molar-refractivity contribution in [1.82, 2.24) is 0 Å². The highest BCUT2D eigenvalue weighted by atomic mass is 16.5. The third-order valence-electron chi connectivity index (χ3n) is 7.78. The molecule has 3 nitrogen and oxygen atoms in total. The number of hydrogen-bond donors (Lipinski definition) is 1. The Hall–Kier alpha value is -1.53. The molecule has 0 radical (unpaired) electrons. The molecule has 0 bridgehead atoms. The lowest BCUT2D eigenvalue weighted by Gasteiger charge is -2.52. The first-order valence-electron chi connectivity index (χ1n) is 10.3. The number of allylic oxidation sites excluding steroid dienone is 5. The van der Waals surface area contributed by atoms with Gasteiger partial charge in [-0.05, 0) is 66.6 Å². The monoisotopic (exact) mass is 353 g/mol. The highest BCUT2D eigenvalue weighted by molar-refractivity contribution is 5.48. The van der Waals surface area contributed by atoms with Crippen molar-refractivity contribution in [2.45, 2.75) is 65.2 Å². The molecule has 0 saturated heterocycles. The summed E-state index contributed by atoms with van der Waals surface area (Å²) < 4.78 is 5.83. The van der Waals surface area contributed by atoms with E-state index in [0.717, 1.165) is 30.9 Å². The molecule has 0 unspecified atom stereocenters. The van der Waals surface area contributed by atoms with Gasteiger partial charge < -0.3 is 9.84 Å². The van der Waals surface area contributed by atoms with E-state index in [9.17, 15) is 5.11 Å². The summed E-state index contributed by atoms with van der Waals surface area (Å²) >= 11 is 0. The van der Waals surface area contributed by atoms with Crippen LogP contribution < -0.4 is 0 Å². The Morgan fingerprint density at radius 3 is 2.96 bits per heavy atom. The maximum Gasteiger partial charge on any atom is 0.101 e. The van der Waals surface area contributed by atoms with Gasteiger partial charge in [0.25, 0.3) is 0 Å². The van der Waals surface area contributed by atoms with Crippen molar-refractivity contribution in [1.29, 1.82) is 5.26 Å². The van der Waals surface area contributed by atoms with Gasteiger partial charge in [0.05, 0.1) is 24.9 Å². The third-order valence-corrected chi connectivity index (χ3v) is 7.78. The second kappa shape index (κ2) is 6.57. The third kappa shape index (κ3) is 2.65. The van der Waals surface area contributed by atoms with E-state index in [1.54, 1.807) is 5.57 Å². The number of ether oxygens (including phenoxy) is 1. The van der Waals surface area contributed by atoms with Gasteiger partial charge in [-0.25, -0.2) is 0 Å². The fourth-order valence-electron chi connectivity index (χ4n) is 6.36. The zero-order valence-corrected chi connectivity index (χ0v) is 16.2. The number of rotatable bonds is 4. The predicted molar refractivity (Wildman–Crippen MR) is 102 cm³/mol. The summed E-state index contributed by atoms with van der Waals surface area (Å²) in [6, 6.07) is 2.14. The lowest BCUT2D eigenvalue weighted by molar-refractivity contribution is 0.125. The number of aliphatic hydroxyl groups is 1. The van der Waals surface area contributed by atoms with Gasteiger partial charge in [0, 0.05) is 11.8 Å². The Kier molecular flexibility index (Phi) is 4.51. The number of nitrogens with zero attached hydrogens (tertiary/aromatic N) is 1. The van der Waals surface area contributed by atoms with Gasteiger partial charge in [-0.15, -0.1) is 0 Å². The SMILES string of the molecule is C[C@]12CCC(OCCC#N)=CC1=C(CO)C[C@@H]1C2=CC[C@]2(C)CCC[C@@H]12. The molecule has 1 saturated carbocycles. The minimum Gasteiger partial charge on any atom is -0.497 e. The molecular formula is C23H31NO2. The summed E-state index contributed by atoms with van der Waals surface area (Å²) in [5.74, 6) is 2.38. The molecule has 0 aliphatic heterocycles. The largest absolute Gasteiger partial charge is 0.497 e. The molecule has 140 valence electrons. The van der Waals surface area contributed by atoms with Crippen LogP contribution in [0.1, 0.15) is 65.2 Å². The van der Waals surface area contributed by atoms with Crippen molar-refractivity contribution >= 4 is 0 Å². The van der Waals surface area contributed by atoms with Crippen LogP contribution in [-0.2, 0) is 4.74 Å². The van der Waals surface area contributed by atoms with Crippen LogP contribution in [0.3, 0.4) is 0 Å². The van der Waals surface area contributed by atoms with Crippen LogP contribution in [0.4, 0.5) is 0 Å². The van der Waals surface area contributed by atoms with Crippen molar-refractivity contribution in [2.75, 3.05) is 13.2 Å². The smallest absolute Gasteiger partial charge is 0.101 e. The van der Waals surface area contributed by atoms with E-state index >= 15 is 0 Å². The maximum absolute atomic E-state index is 10.1. The Bertz CT molecular complexity index is 725. The molecule has 3 heteroatoms. The van der Waals surface area contributed by atoms with Crippen LogP contribution in [0.5, 0.6) is 0 Å². The topological polar surface area (TPSA) is 53.2 Å². The Labute approximate surface area is 157 Å². The van der Waals surface area contributed by atoms with Crippen molar-refractivity contribution in [3.8, 4) is 6.07 Å². The van der Waals surface area contributed by atoms with Crippen molar-refractivity contribution in [2.24, 2.45) is 22.7 Å². The van der Waals surface area contributed by atoms with Gasteiger partial charge in [-0.3, -0.25) is 0 Å². The molecule has 0 amide bonds. The summed E-state index contributed by atoms with van der Waals surface area (Å²) in [7, 11) is 0. The Balaban J connectivity index is 1.70. The Morgan fingerprint density at radius 2 is 2.19 bits per heavy atom. The molecule has 0 aromatic rings. The second-order valence-electron chi connectivity index (χ2n) is 9.20. The van der Waals surface area contributed by atoms with E-state index in [1.165, 1.54) is 36.8 Å². The van der Waals surface area contributed by atoms with Gasteiger partial charge in [0.15, 0.2) is 0 Å². The van der Waals surface area contributed by atoms with Crippen LogP contribution >= 0.6 is 0 Å². The quantitative estimate of drug-likeness (QED) is 0.568. The molecule has 1 fully saturated rings. The second-order valence-corrected chi connectivity index (χ2v) is 9.20. The van der Waals surface area contributed by atoms with E-state index < -0.39 is 0 Å². The maximum atomic E-state index is 10.1. The van der Waals surface area contributed by atoms with Crippen molar-refractivity contribution in [3.05, 3.63) is 34.6 Å². The highest BCUT2D eigenvalue weighted by Crippen LogP contribution is 2.63. The predicted octanol–water partition coefficient (Wildman–Crippen LogP) is 5.05. The number of hydrogen-bond acceptors (Lipinski definition) is 3. The average molecular weight is 354 g/mol. The summed E-state index contributed by atoms with van der Waals surface area (Å²) in [4.78, 5) is 0. The van der Waals surface area contributed by atoms with Gasteiger partial charge in [-0.1, -0.05) is 31.9 Å². The van der Waals surface area contributed by atoms with Crippen LogP contribution in [0.15, 0.2) is 34.6 Å². The van der Waals surface area contributed by atoms with Crippen LogP contribution in [-0.4, -0.2) is 18.3 Å². The van der Waals surface area contributed by atoms with E-state index in [1.807, 2.05) is 0 Å². The lowest BCUT2D eigenvalue weighted by Crippen LogP contribution is -2.42. The first-order chi connectivity index (χ1) is 12.5. The number of nitriles is 1. The summed E-state index contributed by atoms with van der Waals surface area (Å²) in [6.45, 7) is 5.49. The molecule has 4 atom stereocenters. The van der Waals surface area contributed by atoms with Crippen molar-refractivity contribution < 1.29 is 9.84 Å². The molecule has 0 heterocycles. The lowest BCUT2D eigenvalue weighted by atomic mass is 9.52. The van der Waals surface area contributed by atoms with E-state index in [-0.39, 0.29) is 12.0 Å². The van der Waals surface area contributed by atoms with Gasteiger partial charge in [0.1, 0.15) is 6.61 Å². The minimum atomic E-state index is 0.0486. The first-order valence-corrected chi connectivity index (χ1v) is 10.3. The van der Waals surface area contributed by atoms with Gasteiger partial charge in [0.2, 0.25) is 0 Å². The zero-order valence-electron chi connectivity index (χ0n) is 16.2. The fourth-order valence-corrected chi connectivity index (χ4v) is 6.36. The molecule has 0 aromatic carbocycles. The minimum absolute atomic E-state index is 0.0486. The Morgan fingerprint density at radius 1 is 1.35 bits per heavy atom. The van der Waals surface area contributed by atoms with Crippen LogP contribution in [0.25, 0.3) is 0 Å². The first kappa shape index (κ1) is 17.9. The molecule has 4 aliphatic carbocycles. The number of fused-ring (bicyclic) bond motifs is 5. The molecule has 0 spiro atoms. The summed E-state index contributed by atoms with van der Waals surface area (Å²) in [5.41, 5.74) is 4.67. The van der Waals surface area contributed by atoms with Crippen molar-refractivity contribution in [3.63, 3.8) is 0 Å². The standard InChI is InChI=1S/C23H31NO2/c1-22-8-3-5-19(22)18-13-16(15-25)21-14-17(26-12-4-11-24)6-10-23(21,2)20(18)7-9-22/h7,14,18-19,25H,3-6,8-10,12-13,15H2,1-2H3/t18-,19-,22-,23+/m0/s1. The van der Waals surface area contributed by atoms with E-state index in [2.05, 4.69) is 32.1 Å². The zero-order chi connectivity index (χ0) is 18.4. The van der Waals surface area contributed by atoms with Crippen LogP contribution in [0, 0.1) is 34.0 Å². The summed E-state index contributed by atoms with van der Waals surface area (Å²) in [6.07, 6.45) is 13.4. The molecule has 4 aliphatic rings. The molecule has 0 aromatic heterocycles. The highest BCUT2D eigenvalue weighted by Gasteiger charge is 2.52. The number of aliphatic hydroxyl groups excluding tert-OH is 1. The van der Waals surface area contributed by atoms with E-state index in [0.29, 0.717) is 24.4 Å².